The van der Waals surface area contributed by atoms with Gasteiger partial charge in [0, 0.05) is 24.9 Å². The minimum Gasteiger partial charge on any atom is -0.477 e. The number of anilines is 1. The number of halogens is 5. The number of alkyl halides is 5. The Morgan fingerprint density at radius 3 is 2.48 bits per heavy atom. The van der Waals surface area contributed by atoms with Crippen LogP contribution in [-0.4, -0.2) is 33.1 Å². The van der Waals surface area contributed by atoms with Crippen LogP contribution in [0, 0.1) is 12.8 Å². The Balaban J connectivity index is 2.23. The second-order valence-electron chi connectivity index (χ2n) is 5.06. The fraction of sp³-hybridized carbons (Fsp3) is 0.636. The van der Waals surface area contributed by atoms with Crippen molar-refractivity contribution in [3.8, 4) is 0 Å². The molecule has 0 bridgehead atoms. The largest absolute Gasteiger partial charge is 0.483 e. The summed E-state index contributed by atoms with van der Waals surface area (Å²) in [7, 11) is 0. The fourth-order valence-corrected chi connectivity index (χ4v) is 2.37. The van der Waals surface area contributed by atoms with Gasteiger partial charge in [0.25, 0.3) is 0 Å². The first kappa shape index (κ1) is 15.5. The standard InChI is InChI=1S/C11H12F5N3O2/c1-5-7(9(20)21)19(4-6-2-10(12,13)3-6)18-8(5)17-11(14,15)16/h6H,2-4H2,1H3,(H,17,18)(H,20,21). The van der Waals surface area contributed by atoms with Crippen molar-refractivity contribution in [2.75, 3.05) is 5.32 Å². The first-order valence-corrected chi connectivity index (χ1v) is 6.02. The van der Waals surface area contributed by atoms with Crippen LogP contribution < -0.4 is 5.32 Å². The summed E-state index contributed by atoms with van der Waals surface area (Å²) < 4.78 is 63.2. The van der Waals surface area contributed by atoms with Crippen molar-refractivity contribution in [1.82, 2.24) is 9.78 Å². The van der Waals surface area contributed by atoms with Gasteiger partial charge in [-0.25, -0.2) is 13.6 Å². The van der Waals surface area contributed by atoms with Crippen LogP contribution in [0.1, 0.15) is 28.9 Å². The maximum absolute atomic E-state index is 12.7. The zero-order chi connectivity index (χ0) is 16.0. The van der Waals surface area contributed by atoms with E-state index in [0.717, 1.165) is 10.00 Å². The quantitative estimate of drug-likeness (QED) is 0.662. The molecule has 0 aromatic carbocycles. The minimum atomic E-state index is -4.76. The third-order valence-electron chi connectivity index (χ3n) is 3.26. The number of carboxylic acids is 1. The van der Waals surface area contributed by atoms with Gasteiger partial charge in [-0.1, -0.05) is 0 Å². The summed E-state index contributed by atoms with van der Waals surface area (Å²) in [4.78, 5) is 11.1. The lowest BCUT2D eigenvalue weighted by molar-refractivity contribution is -0.114. The number of carboxylic acid groups (broad SMARTS) is 1. The summed E-state index contributed by atoms with van der Waals surface area (Å²) in [6, 6.07) is 0. The third-order valence-corrected chi connectivity index (χ3v) is 3.26. The number of nitrogens with one attached hydrogen (secondary N) is 1. The molecule has 0 saturated heterocycles. The molecule has 1 fully saturated rings. The Morgan fingerprint density at radius 1 is 1.48 bits per heavy atom. The lowest BCUT2D eigenvalue weighted by Gasteiger charge is -2.34. The maximum atomic E-state index is 12.7. The molecule has 21 heavy (non-hydrogen) atoms. The smallest absolute Gasteiger partial charge is 0.477 e. The molecule has 0 aliphatic heterocycles. The summed E-state index contributed by atoms with van der Waals surface area (Å²) >= 11 is 0. The van der Waals surface area contributed by atoms with Crippen molar-refractivity contribution in [3.05, 3.63) is 11.3 Å². The number of nitrogens with zero attached hydrogens (tertiary/aromatic N) is 2. The second kappa shape index (κ2) is 4.85. The summed E-state index contributed by atoms with van der Waals surface area (Å²) in [6.45, 7) is 1.02. The summed E-state index contributed by atoms with van der Waals surface area (Å²) in [6.07, 6.45) is -5.61. The van der Waals surface area contributed by atoms with E-state index in [-0.39, 0.29) is 12.1 Å². The number of hydrogen-bond donors (Lipinski definition) is 2. The van der Waals surface area contributed by atoms with Crippen molar-refractivity contribution >= 4 is 11.8 Å². The van der Waals surface area contributed by atoms with E-state index < -0.39 is 48.5 Å². The van der Waals surface area contributed by atoms with Gasteiger partial charge in [0.2, 0.25) is 5.92 Å². The lowest BCUT2D eigenvalue weighted by atomic mass is 9.81. The zero-order valence-corrected chi connectivity index (χ0v) is 10.8. The van der Waals surface area contributed by atoms with Gasteiger partial charge in [0.1, 0.15) is 0 Å². The molecule has 1 aromatic heterocycles. The molecule has 118 valence electrons. The van der Waals surface area contributed by atoms with Crippen LogP contribution in [-0.2, 0) is 6.54 Å². The van der Waals surface area contributed by atoms with Gasteiger partial charge in [-0.05, 0) is 12.8 Å². The normalized spacial score (nSPS) is 18.4. The van der Waals surface area contributed by atoms with Gasteiger partial charge in [-0.2, -0.15) is 18.3 Å². The molecule has 1 aliphatic rings. The van der Waals surface area contributed by atoms with Crippen LogP contribution >= 0.6 is 0 Å². The zero-order valence-electron chi connectivity index (χ0n) is 10.8. The van der Waals surface area contributed by atoms with Gasteiger partial charge in [-0.3, -0.25) is 10.00 Å². The molecule has 0 spiro atoms. The number of aromatic carboxylic acids is 1. The summed E-state index contributed by atoms with van der Waals surface area (Å²) in [5, 5.41) is 13.7. The first-order valence-electron chi connectivity index (χ1n) is 6.02. The highest BCUT2D eigenvalue weighted by Crippen LogP contribution is 2.43. The summed E-state index contributed by atoms with van der Waals surface area (Å²) in [5.41, 5.74) is -0.622. The molecule has 0 amide bonds. The third kappa shape index (κ3) is 3.42. The van der Waals surface area contributed by atoms with Crippen molar-refractivity contribution < 1.29 is 31.9 Å². The molecule has 1 saturated carbocycles. The molecular weight excluding hydrogens is 301 g/mol. The van der Waals surface area contributed by atoms with E-state index in [1.54, 1.807) is 0 Å². The lowest BCUT2D eigenvalue weighted by Crippen LogP contribution is -2.38. The maximum Gasteiger partial charge on any atom is 0.483 e. The number of rotatable bonds is 4. The van der Waals surface area contributed by atoms with E-state index >= 15 is 0 Å². The molecular formula is C11H12F5N3O2. The number of hydrogen-bond acceptors (Lipinski definition) is 3. The molecule has 0 unspecified atom stereocenters. The topological polar surface area (TPSA) is 67.2 Å². The van der Waals surface area contributed by atoms with Crippen molar-refractivity contribution in [3.63, 3.8) is 0 Å². The molecule has 0 atom stereocenters. The van der Waals surface area contributed by atoms with E-state index in [4.69, 9.17) is 5.11 Å². The van der Waals surface area contributed by atoms with Crippen LogP contribution in [0.3, 0.4) is 0 Å². The number of aromatic nitrogens is 2. The highest BCUT2D eigenvalue weighted by molar-refractivity contribution is 5.89. The van der Waals surface area contributed by atoms with Crippen LogP contribution in [0.25, 0.3) is 0 Å². The van der Waals surface area contributed by atoms with E-state index in [1.807, 2.05) is 0 Å². The predicted molar refractivity (Wildman–Crippen MR) is 61.3 cm³/mol. The average Bonchev–Trinajstić information content (AvgIpc) is 2.50. The molecule has 0 radical (unpaired) electrons. The van der Waals surface area contributed by atoms with Crippen molar-refractivity contribution in [2.45, 2.75) is 38.5 Å². The summed E-state index contributed by atoms with van der Waals surface area (Å²) in [5.74, 6) is -5.38. The minimum absolute atomic E-state index is 0.155. The first-order chi connectivity index (χ1) is 9.48. The average molecular weight is 313 g/mol. The van der Waals surface area contributed by atoms with Crippen molar-refractivity contribution in [2.24, 2.45) is 5.92 Å². The van der Waals surface area contributed by atoms with Crippen molar-refractivity contribution in [1.29, 1.82) is 0 Å². The van der Waals surface area contributed by atoms with Gasteiger partial charge in [0.05, 0.1) is 0 Å². The van der Waals surface area contributed by atoms with Gasteiger partial charge in [-0.15, -0.1) is 0 Å². The van der Waals surface area contributed by atoms with E-state index in [1.165, 1.54) is 6.92 Å². The second-order valence-corrected chi connectivity index (χ2v) is 5.06. The van der Waals surface area contributed by atoms with Crippen LogP contribution in [0.4, 0.5) is 27.8 Å². The van der Waals surface area contributed by atoms with E-state index in [9.17, 15) is 26.7 Å². The Labute approximate surface area is 115 Å². The number of carbonyl (C=O) groups is 1. The highest BCUT2D eigenvalue weighted by atomic mass is 19.4. The Bertz CT molecular complexity index is 559. The van der Waals surface area contributed by atoms with Crippen LogP contribution in [0.15, 0.2) is 0 Å². The Morgan fingerprint density at radius 2 is 2.05 bits per heavy atom. The molecule has 1 aliphatic carbocycles. The molecule has 2 rings (SSSR count). The molecule has 10 heteroatoms. The van der Waals surface area contributed by atoms with E-state index in [2.05, 4.69) is 5.10 Å². The Hall–Kier alpha value is -1.87. The van der Waals surface area contributed by atoms with Crippen LogP contribution in [0.2, 0.25) is 0 Å². The molecule has 1 heterocycles. The SMILES string of the molecule is Cc1c(NC(F)(F)F)nn(CC2CC(F)(F)C2)c1C(=O)O. The fourth-order valence-electron chi connectivity index (χ4n) is 2.37. The highest BCUT2D eigenvalue weighted by Gasteiger charge is 2.45. The Kier molecular flexibility index (Phi) is 3.58. The van der Waals surface area contributed by atoms with E-state index in [0.29, 0.717) is 0 Å². The van der Waals surface area contributed by atoms with Gasteiger partial charge >= 0.3 is 12.3 Å². The molecule has 1 aromatic rings. The molecule has 5 nitrogen and oxygen atoms in total. The monoisotopic (exact) mass is 313 g/mol. The van der Waals surface area contributed by atoms with Gasteiger partial charge < -0.3 is 5.11 Å². The predicted octanol–water partition coefficient (Wildman–Crippen LogP) is 2.87. The molecule has 2 N–H and O–H groups in total. The van der Waals surface area contributed by atoms with Crippen LogP contribution in [0.5, 0.6) is 0 Å². The van der Waals surface area contributed by atoms with Gasteiger partial charge in [0.15, 0.2) is 11.5 Å².